The molecule has 0 saturated heterocycles. The molecule has 0 unspecified atom stereocenters. The van der Waals surface area contributed by atoms with Crippen molar-refractivity contribution in [1.29, 1.82) is 5.26 Å². The van der Waals surface area contributed by atoms with E-state index >= 15 is 0 Å². The van der Waals surface area contributed by atoms with Crippen molar-refractivity contribution in [3.8, 4) is 23.3 Å². The van der Waals surface area contributed by atoms with Gasteiger partial charge in [-0.3, -0.25) is 9.69 Å². The van der Waals surface area contributed by atoms with E-state index in [1.807, 2.05) is 6.07 Å². The zero-order valence-corrected chi connectivity index (χ0v) is 17.8. The van der Waals surface area contributed by atoms with Crippen LogP contribution in [0.1, 0.15) is 18.9 Å². The first-order valence-electron chi connectivity index (χ1n) is 9.58. The number of ether oxygens (including phenoxy) is 2. The fourth-order valence-corrected chi connectivity index (χ4v) is 3.69. The minimum atomic E-state index is -2.95. The third-order valence-corrected chi connectivity index (χ3v) is 5.12. The van der Waals surface area contributed by atoms with Gasteiger partial charge in [-0.1, -0.05) is 17.8 Å². The summed E-state index contributed by atoms with van der Waals surface area (Å²) >= 11 is 1.23. The van der Waals surface area contributed by atoms with Crippen LogP contribution in [0.2, 0.25) is 0 Å². The largest absolute Gasteiger partial charge is 0.504 e. The summed E-state index contributed by atoms with van der Waals surface area (Å²) in [5.74, 6) is 0.238. The maximum Gasteiger partial charge on any atom is 0.387 e. The second-order valence-corrected chi connectivity index (χ2v) is 7.42. The minimum absolute atomic E-state index is 0.0178. The van der Waals surface area contributed by atoms with E-state index in [-0.39, 0.29) is 29.4 Å². The lowest BCUT2D eigenvalue weighted by Gasteiger charge is -2.18. The molecule has 10 heteroatoms. The van der Waals surface area contributed by atoms with E-state index in [1.54, 1.807) is 25.1 Å². The molecule has 2 aromatic carbocycles. The number of anilines is 1. The molecule has 32 heavy (non-hydrogen) atoms. The van der Waals surface area contributed by atoms with Gasteiger partial charge in [0.2, 0.25) is 0 Å². The molecule has 0 aromatic heterocycles. The van der Waals surface area contributed by atoms with Crippen LogP contribution in [-0.2, 0) is 4.79 Å². The topological polar surface area (TPSA) is 95.1 Å². The summed E-state index contributed by atoms with van der Waals surface area (Å²) in [7, 11) is 0. The van der Waals surface area contributed by atoms with E-state index in [9.17, 15) is 18.7 Å². The smallest absolute Gasteiger partial charge is 0.387 e. The third-order valence-electron chi connectivity index (χ3n) is 4.18. The van der Waals surface area contributed by atoms with Gasteiger partial charge in [0.05, 0.1) is 18.4 Å². The number of alkyl halides is 2. The number of thioether (sulfide) groups is 1. The van der Waals surface area contributed by atoms with Gasteiger partial charge in [-0.05, 0) is 55.0 Å². The van der Waals surface area contributed by atoms with Crippen LogP contribution < -0.4 is 14.4 Å². The molecular weight excluding hydrogens is 440 g/mol. The van der Waals surface area contributed by atoms with Gasteiger partial charge in [-0.2, -0.15) is 14.0 Å². The molecule has 1 N–H and O–H groups in total. The molecule has 7 nitrogen and oxygen atoms in total. The van der Waals surface area contributed by atoms with Crippen LogP contribution in [0, 0.1) is 11.3 Å². The number of phenols is 1. The quantitative estimate of drug-likeness (QED) is 0.451. The average molecular weight is 459 g/mol. The summed E-state index contributed by atoms with van der Waals surface area (Å²) < 4.78 is 34.6. The van der Waals surface area contributed by atoms with E-state index in [1.165, 1.54) is 47.0 Å². The molecule has 1 aliphatic rings. The van der Waals surface area contributed by atoms with E-state index in [0.717, 1.165) is 0 Å². The molecule has 1 amide bonds. The molecule has 0 aliphatic carbocycles. The summed E-state index contributed by atoms with van der Waals surface area (Å²) in [5, 5.41) is 19.1. The lowest BCUT2D eigenvalue weighted by Crippen LogP contribution is -2.30. The lowest BCUT2D eigenvalue weighted by molar-refractivity contribution is -0.113. The third kappa shape index (κ3) is 5.56. The van der Waals surface area contributed by atoms with Crippen molar-refractivity contribution >= 4 is 34.6 Å². The molecular formula is C22H19F2N3O4S. The number of benzene rings is 2. The first-order chi connectivity index (χ1) is 15.4. The molecule has 1 aliphatic heterocycles. The summed E-state index contributed by atoms with van der Waals surface area (Å²) in [6.45, 7) is -0.798. The number of aromatic hydroxyl groups is 1. The van der Waals surface area contributed by atoms with Crippen molar-refractivity contribution in [2.75, 3.05) is 17.3 Å². The highest BCUT2D eigenvalue weighted by Crippen LogP contribution is 2.32. The van der Waals surface area contributed by atoms with Gasteiger partial charge in [0, 0.05) is 12.2 Å². The second-order valence-electron chi connectivity index (χ2n) is 6.35. The Kier molecular flexibility index (Phi) is 7.68. The predicted molar refractivity (Wildman–Crippen MR) is 118 cm³/mol. The van der Waals surface area contributed by atoms with Gasteiger partial charge in [-0.25, -0.2) is 4.99 Å². The molecule has 0 radical (unpaired) electrons. The lowest BCUT2D eigenvalue weighted by atomic mass is 10.1. The fraction of sp³-hybridized carbons (Fsp3) is 0.227. The van der Waals surface area contributed by atoms with Gasteiger partial charge in [0.1, 0.15) is 11.4 Å². The summed E-state index contributed by atoms with van der Waals surface area (Å²) in [5.41, 5.74) is 1.16. The summed E-state index contributed by atoms with van der Waals surface area (Å²) in [4.78, 5) is 18.9. The van der Waals surface area contributed by atoms with Crippen molar-refractivity contribution in [3.63, 3.8) is 0 Å². The van der Waals surface area contributed by atoms with Crippen molar-refractivity contribution in [3.05, 3.63) is 53.7 Å². The zero-order chi connectivity index (χ0) is 23.1. The van der Waals surface area contributed by atoms with Gasteiger partial charge in [-0.15, -0.1) is 0 Å². The summed E-state index contributed by atoms with van der Waals surface area (Å²) in [6.07, 6.45) is 1.82. The first-order valence-corrected chi connectivity index (χ1v) is 10.6. The first kappa shape index (κ1) is 23.1. The number of carbonyl (C=O) groups is 1. The number of carbonyl (C=O) groups excluding carboxylic acids is 1. The Labute approximate surface area is 187 Å². The molecule has 1 heterocycles. The van der Waals surface area contributed by atoms with Crippen LogP contribution >= 0.6 is 11.8 Å². The van der Waals surface area contributed by atoms with Gasteiger partial charge in [0.15, 0.2) is 16.7 Å². The maximum atomic E-state index is 13.1. The normalized spacial score (nSPS) is 14.6. The van der Waals surface area contributed by atoms with Crippen molar-refractivity contribution < 1.29 is 28.2 Å². The van der Waals surface area contributed by atoms with E-state index in [0.29, 0.717) is 28.8 Å². The Hall–Kier alpha value is -3.58. The average Bonchev–Trinajstić information content (AvgIpc) is 3.06. The molecule has 2 aromatic rings. The molecule has 0 saturated carbocycles. The van der Waals surface area contributed by atoms with Crippen LogP contribution in [-0.4, -0.2) is 35.2 Å². The monoisotopic (exact) mass is 459 g/mol. The Balaban J connectivity index is 1.92. The number of hydrogen-bond donors (Lipinski definition) is 1. The Morgan fingerprint density at radius 3 is 2.69 bits per heavy atom. The number of hydrogen-bond acceptors (Lipinski definition) is 7. The fourth-order valence-electron chi connectivity index (χ4n) is 2.83. The van der Waals surface area contributed by atoms with Crippen LogP contribution in [0.4, 0.5) is 14.5 Å². The highest BCUT2D eigenvalue weighted by Gasteiger charge is 2.32. The Morgan fingerprint density at radius 1 is 1.28 bits per heavy atom. The van der Waals surface area contributed by atoms with Crippen molar-refractivity contribution in [2.24, 2.45) is 4.99 Å². The summed E-state index contributed by atoms with van der Waals surface area (Å²) in [6, 6.07) is 12.3. The standard InChI is InChI=1S/C22H19F2N3O4S/c1-2-30-19-13-14(4-9-18(19)28)12-17-20(29)27(22(26-17)32-11-3-10-25)15-5-7-16(8-6-15)31-21(23)24/h4-9,12-13,21,28H,2-3,11H2,1H3. The van der Waals surface area contributed by atoms with Gasteiger partial charge in [0.25, 0.3) is 5.91 Å². The van der Waals surface area contributed by atoms with E-state index in [2.05, 4.69) is 9.73 Å². The Morgan fingerprint density at radius 2 is 2.03 bits per heavy atom. The van der Waals surface area contributed by atoms with Gasteiger partial charge >= 0.3 is 6.61 Å². The number of aliphatic imine (C=N–C) groups is 1. The molecule has 0 bridgehead atoms. The predicted octanol–water partition coefficient (Wildman–Crippen LogP) is 4.78. The number of rotatable bonds is 8. The number of halogens is 2. The van der Waals surface area contributed by atoms with Crippen molar-refractivity contribution in [2.45, 2.75) is 20.0 Å². The number of nitriles is 1. The molecule has 0 fully saturated rings. The molecule has 0 spiro atoms. The van der Waals surface area contributed by atoms with Crippen LogP contribution in [0.25, 0.3) is 6.08 Å². The van der Waals surface area contributed by atoms with E-state index < -0.39 is 12.5 Å². The maximum absolute atomic E-state index is 13.1. The number of phenolic OH excluding ortho intramolecular Hbond substituents is 1. The van der Waals surface area contributed by atoms with Crippen molar-refractivity contribution in [1.82, 2.24) is 0 Å². The number of nitrogens with zero attached hydrogens (tertiary/aromatic N) is 3. The number of amidine groups is 1. The highest BCUT2D eigenvalue weighted by atomic mass is 32.2. The minimum Gasteiger partial charge on any atom is -0.504 e. The van der Waals surface area contributed by atoms with Crippen LogP contribution in [0.15, 0.2) is 53.2 Å². The molecule has 3 rings (SSSR count). The zero-order valence-electron chi connectivity index (χ0n) is 17.0. The van der Waals surface area contributed by atoms with E-state index in [4.69, 9.17) is 10.00 Å². The van der Waals surface area contributed by atoms with Crippen LogP contribution in [0.5, 0.6) is 17.2 Å². The Bertz CT molecular complexity index is 1080. The molecule has 0 atom stereocenters. The molecule has 166 valence electrons. The van der Waals surface area contributed by atoms with Gasteiger partial charge < -0.3 is 14.6 Å². The number of amides is 1. The SMILES string of the molecule is CCOc1cc(C=C2N=C(SCCC#N)N(c3ccc(OC(F)F)cc3)C2=O)ccc1O. The van der Waals surface area contributed by atoms with Crippen LogP contribution in [0.3, 0.4) is 0 Å². The highest BCUT2D eigenvalue weighted by molar-refractivity contribution is 8.14. The second kappa shape index (κ2) is 10.6.